The molecule has 1 aliphatic carbocycles. The Hall–Kier alpha value is -1.66. The topological polar surface area (TPSA) is 48.9 Å². The lowest BCUT2D eigenvalue weighted by molar-refractivity contribution is 0.0170. The molecule has 1 aromatic carbocycles. The molecule has 3 rings (SSSR count). The number of morpholine rings is 1. The molecule has 2 fully saturated rings. The van der Waals surface area contributed by atoms with E-state index in [2.05, 4.69) is 27.4 Å². The number of aliphatic imine (C=N–C) groups is 1. The lowest BCUT2D eigenvalue weighted by atomic mass is 10.0. The zero-order chi connectivity index (χ0) is 16.9. The molecule has 5 nitrogen and oxygen atoms in total. The van der Waals surface area contributed by atoms with Gasteiger partial charge in [-0.3, -0.25) is 9.89 Å². The predicted octanol–water partition coefficient (Wildman–Crippen LogP) is 1.77. The second-order valence-corrected chi connectivity index (χ2v) is 6.63. The third-order valence-electron chi connectivity index (χ3n) is 4.86. The highest BCUT2D eigenvalue weighted by atomic mass is 19.1. The zero-order valence-electron chi connectivity index (χ0n) is 14.5. The quantitative estimate of drug-likeness (QED) is 0.636. The Morgan fingerprint density at radius 3 is 2.58 bits per heavy atom. The van der Waals surface area contributed by atoms with E-state index in [0.717, 1.165) is 50.3 Å². The third kappa shape index (κ3) is 4.45. The van der Waals surface area contributed by atoms with Crippen molar-refractivity contribution in [3.05, 3.63) is 35.6 Å². The number of halogens is 1. The molecule has 24 heavy (non-hydrogen) atoms. The SMILES string of the molecule is CN=C(NCC(c1ccc(F)cc1)N1CCOCC1)NC1CC1C. The number of rotatable bonds is 5. The second kappa shape index (κ2) is 7.94. The summed E-state index contributed by atoms with van der Waals surface area (Å²) in [5, 5.41) is 6.88. The second-order valence-electron chi connectivity index (χ2n) is 6.63. The minimum Gasteiger partial charge on any atom is -0.379 e. The highest BCUT2D eigenvalue weighted by Crippen LogP contribution is 2.28. The Morgan fingerprint density at radius 1 is 1.33 bits per heavy atom. The summed E-state index contributed by atoms with van der Waals surface area (Å²) in [6.45, 7) is 6.21. The minimum absolute atomic E-state index is 0.171. The summed E-state index contributed by atoms with van der Waals surface area (Å²) < 4.78 is 18.7. The van der Waals surface area contributed by atoms with E-state index in [0.29, 0.717) is 6.04 Å². The van der Waals surface area contributed by atoms with Crippen LogP contribution >= 0.6 is 0 Å². The van der Waals surface area contributed by atoms with Crippen LogP contribution in [0, 0.1) is 11.7 Å². The summed E-state index contributed by atoms with van der Waals surface area (Å²) >= 11 is 0. The van der Waals surface area contributed by atoms with Gasteiger partial charge in [0.2, 0.25) is 0 Å². The average molecular weight is 334 g/mol. The summed E-state index contributed by atoms with van der Waals surface area (Å²) in [7, 11) is 1.80. The molecule has 2 N–H and O–H groups in total. The van der Waals surface area contributed by atoms with Gasteiger partial charge >= 0.3 is 0 Å². The Labute approximate surface area is 143 Å². The van der Waals surface area contributed by atoms with Crippen molar-refractivity contribution in [3.8, 4) is 0 Å². The number of guanidine groups is 1. The van der Waals surface area contributed by atoms with E-state index < -0.39 is 0 Å². The van der Waals surface area contributed by atoms with Crippen LogP contribution in [0.3, 0.4) is 0 Å². The first kappa shape index (κ1) is 17.2. The fraction of sp³-hybridized carbons (Fsp3) is 0.611. The predicted molar refractivity (Wildman–Crippen MR) is 93.6 cm³/mol. The van der Waals surface area contributed by atoms with E-state index in [1.54, 1.807) is 7.05 Å². The van der Waals surface area contributed by atoms with E-state index in [9.17, 15) is 4.39 Å². The van der Waals surface area contributed by atoms with E-state index in [4.69, 9.17) is 4.74 Å². The van der Waals surface area contributed by atoms with Gasteiger partial charge in [-0.25, -0.2) is 4.39 Å². The van der Waals surface area contributed by atoms with Gasteiger partial charge < -0.3 is 15.4 Å². The molecule has 0 bridgehead atoms. The van der Waals surface area contributed by atoms with Gasteiger partial charge in [-0.1, -0.05) is 19.1 Å². The highest BCUT2D eigenvalue weighted by molar-refractivity contribution is 5.80. The monoisotopic (exact) mass is 334 g/mol. The van der Waals surface area contributed by atoms with Crippen LogP contribution in [0.2, 0.25) is 0 Å². The van der Waals surface area contributed by atoms with Gasteiger partial charge in [0.25, 0.3) is 0 Å². The largest absolute Gasteiger partial charge is 0.379 e. The van der Waals surface area contributed by atoms with E-state index in [1.165, 1.54) is 18.6 Å². The molecular formula is C18H27FN4O. The van der Waals surface area contributed by atoms with Gasteiger partial charge in [-0.05, 0) is 30.0 Å². The molecular weight excluding hydrogens is 307 g/mol. The first-order valence-corrected chi connectivity index (χ1v) is 8.72. The first-order chi connectivity index (χ1) is 11.7. The van der Waals surface area contributed by atoms with Crippen molar-refractivity contribution in [2.75, 3.05) is 39.9 Å². The smallest absolute Gasteiger partial charge is 0.191 e. The van der Waals surface area contributed by atoms with Gasteiger partial charge in [0.15, 0.2) is 5.96 Å². The number of hydrogen-bond acceptors (Lipinski definition) is 3. The van der Waals surface area contributed by atoms with Crippen LogP contribution < -0.4 is 10.6 Å². The van der Waals surface area contributed by atoms with Crippen LogP contribution in [-0.4, -0.2) is 56.8 Å². The molecule has 0 aromatic heterocycles. The van der Waals surface area contributed by atoms with Crippen LogP contribution in [0.4, 0.5) is 4.39 Å². The average Bonchev–Trinajstić information content (AvgIpc) is 3.31. The Bertz CT molecular complexity index is 557. The van der Waals surface area contributed by atoms with Crippen LogP contribution in [0.5, 0.6) is 0 Å². The van der Waals surface area contributed by atoms with Crippen molar-refractivity contribution in [1.82, 2.24) is 15.5 Å². The molecule has 3 unspecified atom stereocenters. The molecule has 3 atom stereocenters. The number of hydrogen-bond donors (Lipinski definition) is 2. The summed E-state index contributed by atoms with van der Waals surface area (Å²) in [4.78, 5) is 6.70. The standard InChI is InChI=1S/C18H27FN4O/c1-13-11-16(13)22-18(20-2)21-12-17(23-7-9-24-10-8-23)14-3-5-15(19)6-4-14/h3-6,13,16-17H,7-12H2,1-2H3,(H2,20,21,22). The van der Waals surface area contributed by atoms with Gasteiger partial charge in [-0.2, -0.15) is 0 Å². The molecule has 1 saturated carbocycles. The Morgan fingerprint density at radius 2 is 2.00 bits per heavy atom. The number of ether oxygens (including phenoxy) is 1. The highest BCUT2D eigenvalue weighted by Gasteiger charge is 2.33. The molecule has 0 radical (unpaired) electrons. The number of nitrogens with one attached hydrogen (secondary N) is 2. The summed E-state index contributed by atoms with van der Waals surface area (Å²) in [6.07, 6.45) is 1.20. The molecule has 1 heterocycles. The zero-order valence-corrected chi connectivity index (χ0v) is 14.5. The van der Waals surface area contributed by atoms with Crippen molar-refractivity contribution in [2.45, 2.75) is 25.4 Å². The van der Waals surface area contributed by atoms with Crippen LogP contribution in [0.15, 0.2) is 29.3 Å². The fourth-order valence-electron chi connectivity index (χ4n) is 3.12. The lowest BCUT2D eigenvalue weighted by Gasteiger charge is -2.35. The maximum absolute atomic E-state index is 13.3. The van der Waals surface area contributed by atoms with Gasteiger partial charge in [0, 0.05) is 32.7 Å². The van der Waals surface area contributed by atoms with E-state index in [1.807, 2.05) is 12.1 Å². The molecule has 6 heteroatoms. The normalized spacial score (nSPS) is 26.0. The summed E-state index contributed by atoms with van der Waals surface area (Å²) in [6, 6.07) is 7.50. The molecule has 0 spiro atoms. The molecule has 2 aliphatic rings. The number of benzene rings is 1. The van der Waals surface area contributed by atoms with E-state index >= 15 is 0 Å². The van der Waals surface area contributed by atoms with Crippen LogP contribution in [0.1, 0.15) is 24.9 Å². The summed E-state index contributed by atoms with van der Waals surface area (Å²) in [5.41, 5.74) is 1.11. The number of nitrogens with zero attached hydrogens (tertiary/aromatic N) is 2. The first-order valence-electron chi connectivity index (χ1n) is 8.72. The molecule has 1 aromatic rings. The summed E-state index contributed by atoms with van der Waals surface area (Å²) in [5.74, 6) is 1.35. The fourth-order valence-corrected chi connectivity index (χ4v) is 3.12. The van der Waals surface area contributed by atoms with Gasteiger partial charge in [0.05, 0.1) is 19.3 Å². The molecule has 132 valence electrons. The van der Waals surface area contributed by atoms with Gasteiger partial charge in [-0.15, -0.1) is 0 Å². The lowest BCUT2D eigenvalue weighted by Crippen LogP contribution is -2.46. The van der Waals surface area contributed by atoms with Crippen molar-refractivity contribution in [3.63, 3.8) is 0 Å². The van der Waals surface area contributed by atoms with Crippen LogP contribution in [0.25, 0.3) is 0 Å². The maximum atomic E-state index is 13.3. The van der Waals surface area contributed by atoms with E-state index in [-0.39, 0.29) is 11.9 Å². The Kier molecular flexibility index (Phi) is 5.68. The van der Waals surface area contributed by atoms with Crippen LogP contribution in [-0.2, 0) is 4.74 Å². The third-order valence-corrected chi connectivity index (χ3v) is 4.86. The van der Waals surface area contributed by atoms with Crippen molar-refractivity contribution in [1.29, 1.82) is 0 Å². The maximum Gasteiger partial charge on any atom is 0.191 e. The minimum atomic E-state index is -0.201. The van der Waals surface area contributed by atoms with Crippen molar-refractivity contribution >= 4 is 5.96 Å². The van der Waals surface area contributed by atoms with Crippen molar-refractivity contribution in [2.24, 2.45) is 10.9 Å². The Balaban J connectivity index is 1.65. The molecule has 0 amide bonds. The molecule has 1 aliphatic heterocycles. The van der Waals surface area contributed by atoms with Gasteiger partial charge in [0.1, 0.15) is 5.82 Å². The molecule has 1 saturated heterocycles. The van der Waals surface area contributed by atoms with Crippen molar-refractivity contribution < 1.29 is 9.13 Å².